The number of amides is 1. The summed E-state index contributed by atoms with van der Waals surface area (Å²) in [6.45, 7) is 1.52. The molecule has 8 nitrogen and oxygen atoms in total. The molecule has 1 amide bonds. The summed E-state index contributed by atoms with van der Waals surface area (Å²) < 4.78 is 4.66. The summed E-state index contributed by atoms with van der Waals surface area (Å²) in [7, 11) is 0. The number of carboxylic acid groups (broad SMARTS) is 1. The summed E-state index contributed by atoms with van der Waals surface area (Å²) in [5.74, 6) is -1.83. The van der Waals surface area contributed by atoms with Crippen molar-refractivity contribution in [3.05, 3.63) is 41.5 Å². The summed E-state index contributed by atoms with van der Waals surface area (Å²) in [5.41, 5.74) is 0.657. The molecule has 0 aliphatic rings. The first kappa shape index (κ1) is 14.5. The fourth-order valence-corrected chi connectivity index (χ4v) is 1.68. The number of carboxylic acids is 1. The van der Waals surface area contributed by atoms with Crippen LogP contribution in [0.1, 0.15) is 22.1 Å². The highest BCUT2D eigenvalue weighted by atomic mass is 16.5. The van der Waals surface area contributed by atoms with Crippen molar-refractivity contribution in [1.82, 2.24) is 15.5 Å². The van der Waals surface area contributed by atoms with Crippen molar-refractivity contribution in [2.45, 2.75) is 19.4 Å². The van der Waals surface area contributed by atoms with Gasteiger partial charge in [-0.15, -0.1) is 0 Å². The lowest BCUT2D eigenvalue weighted by Crippen LogP contribution is -2.42. The monoisotopic (exact) mass is 291 g/mol. The van der Waals surface area contributed by atoms with Crippen LogP contribution in [0.2, 0.25) is 0 Å². The number of aliphatic carboxylic acids is 1. The zero-order valence-corrected chi connectivity index (χ0v) is 11.1. The van der Waals surface area contributed by atoms with Crippen molar-refractivity contribution in [3.63, 3.8) is 0 Å². The van der Waals surface area contributed by atoms with Gasteiger partial charge in [-0.1, -0.05) is 17.3 Å². The predicted molar refractivity (Wildman–Crippen MR) is 69.7 cm³/mol. The molecule has 0 saturated heterocycles. The molecule has 1 atom stereocenters. The molecule has 0 saturated carbocycles. The van der Waals surface area contributed by atoms with E-state index in [1.165, 1.54) is 19.1 Å². The quantitative estimate of drug-likeness (QED) is 0.732. The minimum absolute atomic E-state index is 0.0676. The molecule has 3 N–H and O–H groups in total. The highest BCUT2D eigenvalue weighted by Crippen LogP contribution is 2.11. The Hall–Kier alpha value is -2.90. The second-order valence-electron chi connectivity index (χ2n) is 4.37. The minimum Gasteiger partial charge on any atom is -0.508 e. The Morgan fingerprint density at radius 1 is 1.33 bits per heavy atom. The first-order valence-electron chi connectivity index (χ1n) is 6.07. The van der Waals surface area contributed by atoms with Gasteiger partial charge in [0.1, 0.15) is 11.8 Å². The van der Waals surface area contributed by atoms with Crippen molar-refractivity contribution in [2.24, 2.45) is 0 Å². The van der Waals surface area contributed by atoms with E-state index in [1.54, 1.807) is 12.1 Å². The summed E-state index contributed by atoms with van der Waals surface area (Å²) >= 11 is 0. The molecular formula is C13H13N3O5. The van der Waals surface area contributed by atoms with Crippen LogP contribution in [0.3, 0.4) is 0 Å². The van der Waals surface area contributed by atoms with Crippen LogP contribution in [0.5, 0.6) is 5.75 Å². The number of aryl methyl sites for hydroxylation is 1. The van der Waals surface area contributed by atoms with Crippen LogP contribution >= 0.6 is 0 Å². The van der Waals surface area contributed by atoms with Gasteiger partial charge in [0.2, 0.25) is 5.89 Å². The fraction of sp³-hybridized carbons (Fsp3) is 0.231. The van der Waals surface area contributed by atoms with Gasteiger partial charge in [0.25, 0.3) is 11.7 Å². The van der Waals surface area contributed by atoms with Crippen molar-refractivity contribution in [2.75, 3.05) is 0 Å². The Morgan fingerprint density at radius 2 is 2.00 bits per heavy atom. The maximum atomic E-state index is 11.8. The highest BCUT2D eigenvalue weighted by Gasteiger charge is 2.23. The molecule has 0 radical (unpaired) electrons. The molecule has 1 aromatic heterocycles. The second-order valence-corrected chi connectivity index (χ2v) is 4.37. The van der Waals surface area contributed by atoms with Gasteiger partial charge in [-0.25, -0.2) is 4.79 Å². The molecule has 0 spiro atoms. The lowest BCUT2D eigenvalue weighted by Gasteiger charge is -2.13. The number of hydrogen-bond acceptors (Lipinski definition) is 6. The zero-order valence-electron chi connectivity index (χ0n) is 11.1. The van der Waals surface area contributed by atoms with Crippen molar-refractivity contribution >= 4 is 11.9 Å². The molecular weight excluding hydrogens is 278 g/mol. The number of carbonyl (C=O) groups excluding carboxylic acids is 1. The van der Waals surface area contributed by atoms with Gasteiger partial charge in [0.15, 0.2) is 0 Å². The van der Waals surface area contributed by atoms with E-state index in [-0.39, 0.29) is 23.9 Å². The third-order valence-electron chi connectivity index (χ3n) is 2.71. The average molecular weight is 291 g/mol. The molecule has 110 valence electrons. The van der Waals surface area contributed by atoms with Crippen LogP contribution in [-0.2, 0) is 11.2 Å². The molecule has 2 aromatic rings. The number of hydrogen-bond donors (Lipinski definition) is 3. The lowest BCUT2D eigenvalue weighted by molar-refractivity contribution is -0.139. The summed E-state index contributed by atoms with van der Waals surface area (Å²) in [6, 6.07) is 4.91. The summed E-state index contributed by atoms with van der Waals surface area (Å²) in [5, 5.41) is 24.1. The van der Waals surface area contributed by atoms with Crippen molar-refractivity contribution < 1.29 is 24.3 Å². The number of phenolic OH excluding ortho intramolecular Hbond substituents is 1. The normalized spacial score (nSPS) is 11.9. The third kappa shape index (κ3) is 3.78. The maximum Gasteiger partial charge on any atom is 0.326 e. The number of rotatable bonds is 5. The van der Waals surface area contributed by atoms with Crippen LogP contribution < -0.4 is 5.32 Å². The smallest absolute Gasteiger partial charge is 0.326 e. The minimum atomic E-state index is -1.18. The Balaban J connectivity index is 2.07. The topological polar surface area (TPSA) is 126 Å². The van der Waals surface area contributed by atoms with Crippen LogP contribution in [0, 0.1) is 6.92 Å². The van der Waals surface area contributed by atoms with Crippen LogP contribution in [0.15, 0.2) is 28.8 Å². The molecule has 0 unspecified atom stereocenters. The van der Waals surface area contributed by atoms with Gasteiger partial charge < -0.3 is 20.1 Å². The van der Waals surface area contributed by atoms with E-state index < -0.39 is 17.9 Å². The fourth-order valence-electron chi connectivity index (χ4n) is 1.68. The Kier molecular flexibility index (Phi) is 4.17. The van der Waals surface area contributed by atoms with Gasteiger partial charge in [0, 0.05) is 13.3 Å². The van der Waals surface area contributed by atoms with E-state index >= 15 is 0 Å². The van der Waals surface area contributed by atoms with E-state index in [9.17, 15) is 14.7 Å². The number of nitrogens with zero attached hydrogens (tertiary/aromatic N) is 2. The predicted octanol–water partition coefficient (Wildman–Crippen LogP) is 0.509. The van der Waals surface area contributed by atoms with Gasteiger partial charge in [-0.2, -0.15) is 4.98 Å². The van der Waals surface area contributed by atoms with Gasteiger partial charge in [-0.05, 0) is 17.7 Å². The molecule has 2 rings (SSSR count). The van der Waals surface area contributed by atoms with E-state index in [0.717, 1.165) is 0 Å². The number of benzene rings is 1. The number of aromatic nitrogens is 2. The first-order chi connectivity index (χ1) is 9.95. The van der Waals surface area contributed by atoms with E-state index in [0.29, 0.717) is 5.56 Å². The number of aromatic hydroxyl groups is 1. The van der Waals surface area contributed by atoms with Crippen molar-refractivity contribution in [3.8, 4) is 5.75 Å². The number of carbonyl (C=O) groups is 2. The van der Waals surface area contributed by atoms with E-state index in [1.807, 2.05) is 0 Å². The SMILES string of the molecule is Cc1nc(C(=O)N[C@@H](Cc2ccc(O)cc2)C(=O)O)no1. The second kappa shape index (κ2) is 6.04. The van der Waals surface area contributed by atoms with Gasteiger partial charge in [-0.3, -0.25) is 4.79 Å². The summed E-state index contributed by atoms with van der Waals surface area (Å²) in [6.07, 6.45) is 0.0676. The maximum absolute atomic E-state index is 11.8. The molecule has 0 aliphatic carbocycles. The Morgan fingerprint density at radius 3 is 2.52 bits per heavy atom. The first-order valence-corrected chi connectivity index (χ1v) is 6.07. The highest BCUT2D eigenvalue weighted by molar-refractivity contribution is 5.93. The van der Waals surface area contributed by atoms with Crippen LogP contribution in [0.25, 0.3) is 0 Å². The largest absolute Gasteiger partial charge is 0.508 e. The molecule has 0 aliphatic heterocycles. The molecule has 21 heavy (non-hydrogen) atoms. The lowest BCUT2D eigenvalue weighted by atomic mass is 10.1. The average Bonchev–Trinajstić information content (AvgIpc) is 2.87. The zero-order chi connectivity index (χ0) is 15.4. The molecule has 1 heterocycles. The van der Waals surface area contributed by atoms with Crippen LogP contribution in [-0.4, -0.2) is 38.3 Å². The molecule has 8 heteroatoms. The molecule has 0 bridgehead atoms. The van der Waals surface area contributed by atoms with Crippen LogP contribution in [0.4, 0.5) is 0 Å². The van der Waals surface area contributed by atoms with E-state index in [2.05, 4.69) is 20.0 Å². The Labute approximate surface area is 119 Å². The Bertz CT molecular complexity index is 650. The molecule has 0 fully saturated rings. The van der Waals surface area contributed by atoms with Gasteiger partial charge >= 0.3 is 5.97 Å². The standard InChI is InChI=1S/C13H13N3O5/c1-7-14-11(16-21-7)12(18)15-10(13(19)20)6-8-2-4-9(17)5-3-8/h2-5,10,17H,6H2,1H3,(H,15,18)(H,19,20)/t10-/m0/s1. The van der Waals surface area contributed by atoms with Gasteiger partial charge in [0.05, 0.1) is 0 Å². The third-order valence-corrected chi connectivity index (χ3v) is 2.71. The van der Waals surface area contributed by atoms with Crippen molar-refractivity contribution in [1.29, 1.82) is 0 Å². The number of phenols is 1. The number of nitrogens with one attached hydrogen (secondary N) is 1. The summed E-state index contributed by atoms with van der Waals surface area (Å²) in [4.78, 5) is 26.8. The van der Waals surface area contributed by atoms with E-state index in [4.69, 9.17) is 5.11 Å². The molecule has 1 aromatic carbocycles.